The predicted molar refractivity (Wildman–Crippen MR) is 75.8 cm³/mol. The van der Waals surface area contributed by atoms with Crippen LogP contribution in [-0.2, 0) is 10.0 Å². The molecule has 1 aromatic carbocycles. The first-order valence-corrected chi connectivity index (χ1v) is 8.17. The number of amides is 1. The molecule has 1 fully saturated rings. The molecule has 0 unspecified atom stereocenters. The molecule has 1 amide bonds. The molecule has 0 bridgehead atoms. The highest BCUT2D eigenvalue weighted by Gasteiger charge is 2.29. The Hall–Kier alpha value is -1.51. The van der Waals surface area contributed by atoms with Crippen molar-refractivity contribution >= 4 is 15.9 Å². The third kappa shape index (κ3) is 3.39. The largest absolute Gasteiger partial charge is 0.334 e. The smallest absolute Gasteiger partial charge is 0.254 e. The number of nitrogens with one attached hydrogen (secondary N) is 1. The molecule has 3 N–H and O–H groups in total. The van der Waals surface area contributed by atoms with Gasteiger partial charge in [0.15, 0.2) is 0 Å². The van der Waals surface area contributed by atoms with Gasteiger partial charge < -0.3 is 10.2 Å². The van der Waals surface area contributed by atoms with Crippen LogP contribution in [-0.4, -0.2) is 45.4 Å². The van der Waals surface area contributed by atoms with Gasteiger partial charge in [-0.3, -0.25) is 4.79 Å². The van der Waals surface area contributed by atoms with Crippen LogP contribution in [0.15, 0.2) is 23.1 Å². The first-order valence-electron chi connectivity index (χ1n) is 6.62. The first kappa shape index (κ1) is 15.9. The van der Waals surface area contributed by atoms with E-state index in [0.717, 1.165) is 25.0 Å². The predicted octanol–water partition coefficient (Wildman–Crippen LogP) is 0.297. The zero-order valence-corrected chi connectivity index (χ0v) is 12.5. The highest BCUT2D eigenvalue weighted by atomic mass is 32.2. The molecule has 1 saturated heterocycles. The number of carbonyl (C=O) groups excluding carboxylic acids is 1. The van der Waals surface area contributed by atoms with Crippen molar-refractivity contribution in [1.29, 1.82) is 0 Å². The second kappa shape index (κ2) is 6.08. The van der Waals surface area contributed by atoms with E-state index >= 15 is 0 Å². The zero-order chi connectivity index (χ0) is 15.6. The number of carbonyl (C=O) groups is 1. The van der Waals surface area contributed by atoms with Crippen molar-refractivity contribution in [2.45, 2.75) is 23.8 Å². The fourth-order valence-electron chi connectivity index (χ4n) is 2.58. The van der Waals surface area contributed by atoms with E-state index in [1.165, 1.54) is 6.07 Å². The molecular weight excluding hydrogens is 297 g/mol. The molecule has 0 aliphatic carbocycles. The minimum Gasteiger partial charge on any atom is -0.334 e. The second-order valence-corrected chi connectivity index (χ2v) is 6.57. The van der Waals surface area contributed by atoms with Gasteiger partial charge in [0.05, 0.1) is 0 Å². The highest BCUT2D eigenvalue weighted by Crippen LogP contribution is 2.21. The quantitative estimate of drug-likeness (QED) is 0.835. The van der Waals surface area contributed by atoms with Crippen LogP contribution in [0.2, 0.25) is 0 Å². The van der Waals surface area contributed by atoms with Crippen LogP contribution < -0.4 is 10.5 Å². The molecule has 1 atom stereocenters. The third-order valence-corrected chi connectivity index (χ3v) is 4.51. The number of hydrogen-bond acceptors (Lipinski definition) is 4. The number of rotatable bonds is 4. The topological polar surface area (TPSA) is 92.5 Å². The fraction of sp³-hybridized carbons (Fsp3) is 0.462. The molecule has 2 rings (SSSR count). The first-order chi connectivity index (χ1) is 9.84. The summed E-state index contributed by atoms with van der Waals surface area (Å²) in [6.07, 6.45) is 1.79. The number of likely N-dealkylation sites (N-methyl/N-ethyl adjacent to an activating group) is 1. The molecule has 1 aliphatic heterocycles. The van der Waals surface area contributed by atoms with Crippen LogP contribution >= 0.6 is 0 Å². The van der Waals surface area contributed by atoms with Gasteiger partial charge in [-0.15, -0.1) is 0 Å². The Bertz CT molecular complexity index is 648. The number of sulfonamides is 1. The maximum absolute atomic E-state index is 13.8. The summed E-state index contributed by atoms with van der Waals surface area (Å²) in [5.74, 6) is -1.31. The monoisotopic (exact) mass is 315 g/mol. The SMILES string of the molecule is CNC[C@@H]1CCCN1C(=O)c1ccc(S(N)(=O)=O)c(F)c1. The van der Waals surface area contributed by atoms with Crippen molar-refractivity contribution < 1.29 is 17.6 Å². The Morgan fingerprint density at radius 1 is 1.52 bits per heavy atom. The van der Waals surface area contributed by atoms with Gasteiger partial charge in [-0.05, 0) is 38.1 Å². The molecule has 116 valence electrons. The Morgan fingerprint density at radius 2 is 2.24 bits per heavy atom. The van der Waals surface area contributed by atoms with Crippen molar-refractivity contribution in [1.82, 2.24) is 10.2 Å². The van der Waals surface area contributed by atoms with E-state index in [1.807, 2.05) is 7.05 Å². The van der Waals surface area contributed by atoms with Gasteiger partial charge in [-0.1, -0.05) is 0 Å². The van der Waals surface area contributed by atoms with Gasteiger partial charge in [0, 0.05) is 24.7 Å². The maximum Gasteiger partial charge on any atom is 0.254 e. The van der Waals surface area contributed by atoms with Crippen LogP contribution in [0.1, 0.15) is 23.2 Å². The van der Waals surface area contributed by atoms with Crippen LogP contribution in [0, 0.1) is 5.82 Å². The summed E-state index contributed by atoms with van der Waals surface area (Å²) in [5.41, 5.74) is 0.128. The fourth-order valence-corrected chi connectivity index (χ4v) is 3.17. The lowest BCUT2D eigenvalue weighted by Crippen LogP contribution is -2.40. The molecule has 6 nitrogen and oxygen atoms in total. The molecule has 0 radical (unpaired) electrons. The molecule has 1 aromatic rings. The van der Waals surface area contributed by atoms with Crippen LogP contribution in [0.4, 0.5) is 4.39 Å². The molecule has 0 spiro atoms. The summed E-state index contributed by atoms with van der Waals surface area (Å²) >= 11 is 0. The van der Waals surface area contributed by atoms with Gasteiger partial charge in [0.1, 0.15) is 10.7 Å². The summed E-state index contributed by atoms with van der Waals surface area (Å²) in [5, 5.41) is 7.92. The van der Waals surface area contributed by atoms with E-state index in [0.29, 0.717) is 13.1 Å². The maximum atomic E-state index is 13.8. The van der Waals surface area contributed by atoms with Gasteiger partial charge in [0.2, 0.25) is 10.0 Å². The average molecular weight is 315 g/mol. The van der Waals surface area contributed by atoms with E-state index in [9.17, 15) is 17.6 Å². The van der Waals surface area contributed by atoms with Crippen molar-refractivity contribution in [2.24, 2.45) is 5.14 Å². The molecule has 1 heterocycles. The van der Waals surface area contributed by atoms with E-state index in [1.54, 1.807) is 4.90 Å². The minimum absolute atomic E-state index is 0.0727. The number of likely N-dealkylation sites (tertiary alicyclic amines) is 1. The van der Waals surface area contributed by atoms with Gasteiger partial charge in [-0.25, -0.2) is 17.9 Å². The van der Waals surface area contributed by atoms with Gasteiger partial charge in [0.25, 0.3) is 5.91 Å². The molecule has 0 saturated carbocycles. The number of hydrogen-bond donors (Lipinski definition) is 2. The van der Waals surface area contributed by atoms with Crippen LogP contribution in [0.5, 0.6) is 0 Å². The summed E-state index contributed by atoms with van der Waals surface area (Å²) < 4.78 is 36.1. The summed E-state index contributed by atoms with van der Waals surface area (Å²) in [7, 11) is -2.32. The van der Waals surface area contributed by atoms with Crippen LogP contribution in [0.25, 0.3) is 0 Å². The lowest BCUT2D eigenvalue weighted by Gasteiger charge is -2.24. The molecule has 0 aromatic heterocycles. The van der Waals surface area contributed by atoms with E-state index in [-0.39, 0.29) is 17.5 Å². The molecule has 8 heteroatoms. The minimum atomic E-state index is -4.12. The Labute approximate surface area is 123 Å². The lowest BCUT2D eigenvalue weighted by atomic mass is 10.1. The lowest BCUT2D eigenvalue weighted by molar-refractivity contribution is 0.0736. The number of halogens is 1. The molecule has 21 heavy (non-hydrogen) atoms. The summed E-state index contributed by atoms with van der Waals surface area (Å²) in [6.45, 7) is 1.28. The number of benzene rings is 1. The van der Waals surface area contributed by atoms with Gasteiger partial charge in [-0.2, -0.15) is 0 Å². The second-order valence-electron chi connectivity index (χ2n) is 5.04. The third-order valence-electron chi connectivity index (χ3n) is 3.56. The molecular formula is C13H18FN3O3S. The van der Waals surface area contributed by atoms with E-state index in [2.05, 4.69) is 5.32 Å². The van der Waals surface area contributed by atoms with Crippen molar-refractivity contribution in [2.75, 3.05) is 20.1 Å². The van der Waals surface area contributed by atoms with Crippen molar-refractivity contribution in [3.05, 3.63) is 29.6 Å². The number of primary sulfonamides is 1. The summed E-state index contributed by atoms with van der Waals surface area (Å²) in [4.78, 5) is 13.5. The van der Waals surface area contributed by atoms with Crippen molar-refractivity contribution in [3.63, 3.8) is 0 Å². The number of nitrogens with zero attached hydrogens (tertiary/aromatic N) is 1. The van der Waals surface area contributed by atoms with E-state index in [4.69, 9.17) is 5.14 Å². The average Bonchev–Trinajstić information content (AvgIpc) is 2.85. The zero-order valence-electron chi connectivity index (χ0n) is 11.7. The summed E-state index contributed by atoms with van der Waals surface area (Å²) in [6, 6.07) is 3.32. The van der Waals surface area contributed by atoms with Gasteiger partial charge >= 0.3 is 0 Å². The van der Waals surface area contributed by atoms with Crippen LogP contribution in [0.3, 0.4) is 0 Å². The Kier molecular flexibility index (Phi) is 4.60. The highest BCUT2D eigenvalue weighted by molar-refractivity contribution is 7.89. The van der Waals surface area contributed by atoms with Crippen molar-refractivity contribution in [3.8, 4) is 0 Å². The Balaban J connectivity index is 2.26. The van der Waals surface area contributed by atoms with E-state index < -0.39 is 20.7 Å². The normalized spacial score (nSPS) is 19.0. The standard InChI is InChI=1S/C13H18FN3O3S/c1-16-8-10-3-2-6-17(10)13(18)9-4-5-12(11(14)7-9)21(15,19)20/h4-5,7,10,16H,2-3,6,8H2,1H3,(H2,15,19,20)/t10-/m0/s1. The molecule has 1 aliphatic rings. The Morgan fingerprint density at radius 3 is 2.81 bits per heavy atom. The number of nitrogens with two attached hydrogens (primary N) is 1.